The molecule has 2 aromatic rings. The summed E-state index contributed by atoms with van der Waals surface area (Å²) in [4.78, 5) is 6.14. The molecule has 2 aromatic carbocycles. The summed E-state index contributed by atoms with van der Waals surface area (Å²) in [6.45, 7) is 3.80. The van der Waals surface area contributed by atoms with Gasteiger partial charge in [0.15, 0.2) is 0 Å². The number of thioether (sulfide) groups is 1. The Morgan fingerprint density at radius 1 is 0.957 bits per heavy atom. The summed E-state index contributed by atoms with van der Waals surface area (Å²) >= 11 is 1.71. The first-order chi connectivity index (χ1) is 11.3. The van der Waals surface area contributed by atoms with Gasteiger partial charge in [0.05, 0.1) is 12.7 Å². The molecule has 124 valence electrons. The van der Waals surface area contributed by atoms with Crippen molar-refractivity contribution in [3.05, 3.63) is 71.8 Å². The fourth-order valence-electron chi connectivity index (χ4n) is 2.30. The van der Waals surface area contributed by atoms with Gasteiger partial charge >= 0.3 is 0 Å². The summed E-state index contributed by atoms with van der Waals surface area (Å²) in [7, 11) is 0. The van der Waals surface area contributed by atoms with E-state index in [1.807, 2.05) is 17.2 Å². The second-order valence-electron chi connectivity index (χ2n) is 5.48. The van der Waals surface area contributed by atoms with Crippen LogP contribution in [0.1, 0.15) is 18.1 Å². The molecule has 1 N–H and O–H groups in total. The number of aliphatic hydroxyl groups excluding tert-OH is 1. The van der Waals surface area contributed by atoms with Crippen LogP contribution in [0.2, 0.25) is 0 Å². The van der Waals surface area contributed by atoms with Gasteiger partial charge < -0.3 is 5.11 Å². The van der Waals surface area contributed by atoms with Gasteiger partial charge in [-0.05, 0) is 18.1 Å². The van der Waals surface area contributed by atoms with Gasteiger partial charge in [-0.3, -0.25) is 4.84 Å². The van der Waals surface area contributed by atoms with E-state index in [-0.39, 0.29) is 12.7 Å². The maximum atomic E-state index is 8.88. The Morgan fingerprint density at radius 2 is 1.48 bits per heavy atom. The van der Waals surface area contributed by atoms with Crippen LogP contribution in [0.3, 0.4) is 0 Å². The van der Waals surface area contributed by atoms with Gasteiger partial charge in [0.2, 0.25) is 0 Å². The molecule has 0 spiro atoms. The molecular formula is C19H25NO2S. The predicted octanol–water partition coefficient (Wildman–Crippen LogP) is 3.73. The van der Waals surface area contributed by atoms with Crippen molar-refractivity contribution in [1.29, 1.82) is 0 Å². The zero-order valence-electron chi connectivity index (χ0n) is 13.6. The molecule has 0 aliphatic carbocycles. The summed E-state index contributed by atoms with van der Waals surface area (Å²) in [6, 6.07) is 20.7. The molecule has 3 nitrogen and oxygen atoms in total. The van der Waals surface area contributed by atoms with Crippen molar-refractivity contribution in [3.63, 3.8) is 0 Å². The Labute approximate surface area is 143 Å². The molecule has 0 heterocycles. The zero-order chi connectivity index (χ0) is 16.3. The quantitative estimate of drug-likeness (QED) is 0.531. The number of hydrogen-bond donors (Lipinski definition) is 1. The van der Waals surface area contributed by atoms with Crippen LogP contribution in [0.15, 0.2) is 60.7 Å². The fraction of sp³-hybridized carbons (Fsp3) is 0.368. The smallest absolute Gasteiger partial charge is 0.0855 e. The lowest BCUT2D eigenvalue weighted by Crippen LogP contribution is -2.29. The van der Waals surface area contributed by atoms with Gasteiger partial charge in [0, 0.05) is 24.6 Å². The van der Waals surface area contributed by atoms with Crippen molar-refractivity contribution in [2.24, 2.45) is 0 Å². The van der Waals surface area contributed by atoms with E-state index < -0.39 is 0 Å². The summed E-state index contributed by atoms with van der Waals surface area (Å²) in [5.41, 5.74) is 2.47. The van der Waals surface area contributed by atoms with Gasteiger partial charge in [0.1, 0.15) is 0 Å². The monoisotopic (exact) mass is 331 g/mol. The first-order valence-electron chi connectivity index (χ1n) is 7.96. The lowest BCUT2D eigenvalue weighted by atomic mass is 10.2. The number of benzene rings is 2. The Hall–Kier alpha value is -1.33. The summed E-state index contributed by atoms with van der Waals surface area (Å²) in [6.07, 6.45) is 0.110. The summed E-state index contributed by atoms with van der Waals surface area (Å²) < 4.78 is 0. The van der Waals surface area contributed by atoms with Crippen LogP contribution in [-0.4, -0.2) is 34.4 Å². The third kappa shape index (κ3) is 7.18. The lowest BCUT2D eigenvalue weighted by molar-refractivity contribution is -0.199. The number of aliphatic hydroxyl groups is 1. The molecule has 0 aliphatic heterocycles. The molecule has 0 saturated carbocycles. The minimum atomic E-state index is 0.110. The van der Waals surface area contributed by atoms with Crippen molar-refractivity contribution >= 4 is 11.8 Å². The van der Waals surface area contributed by atoms with E-state index >= 15 is 0 Å². The Kier molecular flexibility index (Phi) is 8.18. The first-order valence-corrected chi connectivity index (χ1v) is 9.11. The molecule has 0 bridgehead atoms. The van der Waals surface area contributed by atoms with Crippen molar-refractivity contribution in [1.82, 2.24) is 5.06 Å². The lowest BCUT2D eigenvalue weighted by Gasteiger charge is -2.26. The number of nitrogens with zero attached hydrogens (tertiary/aromatic N) is 1. The molecule has 0 saturated heterocycles. The topological polar surface area (TPSA) is 32.7 Å². The standard InChI is InChI=1S/C19H25NO2S/c1-17(16-23-13-12-21)22-20(14-18-8-4-2-5-9-18)15-19-10-6-3-7-11-19/h2-11,17,21H,12-16H2,1H3/t17-/m0/s1. The number of rotatable bonds is 10. The van der Waals surface area contributed by atoms with Crippen LogP contribution in [0.25, 0.3) is 0 Å². The summed E-state index contributed by atoms with van der Waals surface area (Å²) in [5, 5.41) is 10.9. The van der Waals surface area contributed by atoms with E-state index in [9.17, 15) is 0 Å². The minimum Gasteiger partial charge on any atom is -0.396 e. The molecule has 0 unspecified atom stereocenters. The van der Waals surface area contributed by atoms with Crippen LogP contribution >= 0.6 is 11.8 Å². The van der Waals surface area contributed by atoms with E-state index in [1.165, 1.54) is 11.1 Å². The zero-order valence-corrected chi connectivity index (χ0v) is 14.4. The van der Waals surface area contributed by atoms with E-state index in [0.717, 1.165) is 24.6 Å². The van der Waals surface area contributed by atoms with Crippen LogP contribution in [0, 0.1) is 0 Å². The van der Waals surface area contributed by atoms with Gasteiger partial charge in [-0.25, -0.2) is 0 Å². The number of hydrogen-bond acceptors (Lipinski definition) is 4. The maximum Gasteiger partial charge on any atom is 0.0855 e. The average molecular weight is 331 g/mol. The highest BCUT2D eigenvalue weighted by atomic mass is 32.2. The first kappa shape index (κ1) is 18.0. The molecular weight excluding hydrogens is 306 g/mol. The van der Waals surface area contributed by atoms with Crippen molar-refractivity contribution in [2.75, 3.05) is 18.1 Å². The normalized spacial score (nSPS) is 12.5. The number of hydroxylamine groups is 2. The van der Waals surface area contributed by atoms with Crippen LogP contribution in [-0.2, 0) is 17.9 Å². The molecule has 0 radical (unpaired) electrons. The molecule has 23 heavy (non-hydrogen) atoms. The van der Waals surface area contributed by atoms with Crippen molar-refractivity contribution < 1.29 is 9.94 Å². The molecule has 0 amide bonds. The van der Waals surface area contributed by atoms with Gasteiger partial charge in [-0.15, -0.1) is 0 Å². The van der Waals surface area contributed by atoms with E-state index in [2.05, 4.69) is 55.5 Å². The van der Waals surface area contributed by atoms with E-state index in [1.54, 1.807) is 11.8 Å². The molecule has 2 rings (SSSR count). The third-order valence-corrected chi connectivity index (χ3v) is 4.50. The Bertz CT molecular complexity index is 494. The predicted molar refractivity (Wildman–Crippen MR) is 97.1 cm³/mol. The van der Waals surface area contributed by atoms with Crippen molar-refractivity contribution in [2.45, 2.75) is 26.1 Å². The van der Waals surface area contributed by atoms with Crippen LogP contribution in [0.4, 0.5) is 0 Å². The van der Waals surface area contributed by atoms with Crippen molar-refractivity contribution in [3.8, 4) is 0 Å². The second-order valence-corrected chi connectivity index (χ2v) is 6.63. The third-order valence-electron chi connectivity index (χ3n) is 3.32. The fourth-order valence-corrected chi connectivity index (χ4v) is 2.99. The van der Waals surface area contributed by atoms with Gasteiger partial charge in [-0.2, -0.15) is 16.8 Å². The highest BCUT2D eigenvalue weighted by Crippen LogP contribution is 2.14. The molecule has 0 fully saturated rings. The average Bonchev–Trinajstić information content (AvgIpc) is 2.57. The SMILES string of the molecule is C[C@@H](CSCCO)ON(Cc1ccccc1)Cc1ccccc1. The van der Waals surface area contributed by atoms with Gasteiger partial charge in [-0.1, -0.05) is 60.7 Å². The summed E-state index contributed by atoms with van der Waals surface area (Å²) in [5.74, 6) is 1.63. The van der Waals surface area contributed by atoms with Crippen LogP contribution in [0.5, 0.6) is 0 Å². The van der Waals surface area contributed by atoms with E-state index in [0.29, 0.717) is 0 Å². The second kappa shape index (κ2) is 10.4. The molecule has 0 aromatic heterocycles. The van der Waals surface area contributed by atoms with E-state index in [4.69, 9.17) is 9.94 Å². The minimum absolute atomic E-state index is 0.110. The largest absolute Gasteiger partial charge is 0.396 e. The van der Waals surface area contributed by atoms with Crippen LogP contribution < -0.4 is 0 Å². The Balaban J connectivity index is 1.96. The van der Waals surface area contributed by atoms with Gasteiger partial charge in [0.25, 0.3) is 0 Å². The highest BCUT2D eigenvalue weighted by Gasteiger charge is 2.12. The Morgan fingerprint density at radius 3 is 1.96 bits per heavy atom. The molecule has 0 aliphatic rings. The molecule has 1 atom stereocenters. The molecule has 4 heteroatoms. The maximum absolute atomic E-state index is 8.88. The highest BCUT2D eigenvalue weighted by molar-refractivity contribution is 7.99.